The molecule has 0 bridgehead atoms. The Labute approximate surface area is 83.1 Å². The number of nitrogens with two attached hydrogens (primary N) is 1. The fraction of sp³-hybridized carbons (Fsp3) is 0.778. The van der Waals surface area contributed by atoms with Gasteiger partial charge in [-0.3, -0.25) is 0 Å². The molecule has 1 fully saturated rings. The van der Waals surface area contributed by atoms with E-state index in [-0.39, 0.29) is 0 Å². The van der Waals surface area contributed by atoms with Gasteiger partial charge in [0.1, 0.15) is 0 Å². The number of hydrogen-bond donors (Lipinski definition) is 2. The molecule has 0 radical (unpaired) electrons. The van der Waals surface area contributed by atoms with Crippen LogP contribution >= 0.6 is 0 Å². The lowest BCUT2D eigenvalue weighted by atomic mass is 10.2. The van der Waals surface area contributed by atoms with Crippen LogP contribution in [0, 0.1) is 0 Å². The van der Waals surface area contributed by atoms with Gasteiger partial charge in [0.25, 0.3) is 0 Å². The van der Waals surface area contributed by atoms with Crippen molar-refractivity contribution in [3.05, 3.63) is 12.2 Å². The number of hydrogen-bond acceptors (Lipinski definition) is 5. The van der Waals surface area contributed by atoms with Crippen LogP contribution in [0.15, 0.2) is 10.9 Å². The molecule has 1 aromatic rings. The number of nitrogens with zero attached hydrogens (tertiary/aromatic N) is 2. The van der Waals surface area contributed by atoms with Crippen LogP contribution < -0.4 is 11.1 Å². The van der Waals surface area contributed by atoms with Crippen molar-refractivity contribution in [1.82, 2.24) is 15.5 Å². The predicted molar refractivity (Wildman–Crippen MR) is 51.6 cm³/mol. The number of rotatable bonds is 4. The average Bonchev–Trinajstić information content (AvgIpc) is 2.77. The van der Waals surface area contributed by atoms with Crippen LogP contribution in [-0.4, -0.2) is 28.8 Å². The first-order chi connectivity index (χ1) is 6.84. The van der Waals surface area contributed by atoms with E-state index >= 15 is 0 Å². The van der Waals surface area contributed by atoms with E-state index in [9.17, 15) is 0 Å². The molecule has 78 valence electrons. The highest BCUT2D eigenvalue weighted by Crippen LogP contribution is 2.16. The van der Waals surface area contributed by atoms with Crippen molar-refractivity contribution in [2.75, 3.05) is 6.54 Å². The van der Waals surface area contributed by atoms with Crippen LogP contribution in [0.4, 0.5) is 0 Å². The molecule has 0 saturated heterocycles. The SMILES string of the molecule is NC1CCC(NCCc2ncon2)C1. The van der Waals surface area contributed by atoms with Crippen molar-refractivity contribution < 1.29 is 4.52 Å². The third-order valence-electron chi connectivity index (χ3n) is 2.66. The summed E-state index contributed by atoms with van der Waals surface area (Å²) >= 11 is 0. The summed E-state index contributed by atoms with van der Waals surface area (Å²) < 4.78 is 4.65. The Bertz CT molecular complexity index is 262. The van der Waals surface area contributed by atoms with Crippen molar-refractivity contribution in [3.8, 4) is 0 Å². The Morgan fingerprint density at radius 1 is 1.57 bits per heavy atom. The molecule has 1 aliphatic carbocycles. The lowest BCUT2D eigenvalue weighted by Gasteiger charge is -2.10. The van der Waals surface area contributed by atoms with E-state index in [1.54, 1.807) is 0 Å². The van der Waals surface area contributed by atoms with Gasteiger partial charge < -0.3 is 15.6 Å². The van der Waals surface area contributed by atoms with Crippen LogP contribution in [0.3, 0.4) is 0 Å². The summed E-state index contributed by atoms with van der Waals surface area (Å²) in [6.07, 6.45) is 5.60. The van der Waals surface area contributed by atoms with Crippen LogP contribution in [0.5, 0.6) is 0 Å². The zero-order valence-electron chi connectivity index (χ0n) is 8.15. The van der Waals surface area contributed by atoms with Crippen molar-refractivity contribution >= 4 is 0 Å². The van der Waals surface area contributed by atoms with E-state index < -0.39 is 0 Å². The summed E-state index contributed by atoms with van der Waals surface area (Å²) in [6, 6.07) is 0.967. The highest BCUT2D eigenvalue weighted by atomic mass is 16.5. The standard InChI is InChI=1S/C9H16N4O/c10-7-1-2-8(5-7)11-4-3-9-12-6-14-13-9/h6-8,11H,1-5,10H2. The fourth-order valence-electron chi connectivity index (χ4n) is 1.89. The van der Waals surface area contributed by atoms with E-state index in [4.69, 9.17) is 5.73 Å². The first-order valence-electron chi connectivity index (χ1n) is 5.09. The first kappa shape index (κ1) is 9.61. The molecule has 3 N–H and O–H groups in total. The molecule has 0 aromatic carbocycles. The summed E-state index contributed by atoms with van der Waals surface area (Å²) in [4.78, 5) is 3.95. The van der Waals surface area contributed by atoms with Crippen molar-refractivity contribution in [2.45, 2.75) is 37.8 Å². The van der Waals surface area contributed by atoms with Crippen molar-refractivity contribution in [2.24, 2.45) is 5.73 Å². The minimum absolute atomic E-state index is 0.387. The van der Waals surface area contributed by atoms with Crippen LogP contribution in [0.2, 0.25) is 0 Å². The van der Waals surface area contributed by atoms with Crippen LogP contribution in [0.1, 0.15) is 25.1 Å². The number of nitrogens with one attached hydrogen (secondary N) is 1. The van der Waals surface area contributed by atoms with Crippen LogP contribution in [0.25, 0.3) is 0 Å². The minimum atomic E-state index is 0.387. The zero-order chi connectivity index (χ0) is 9.80. The topological polar surface area (TPSA) is 77.0 Å². The normalized spacial score (nSPS) is 26.9. The summed E-state index contributed by atoms with van der Waals surface area (Å²) in [6.45, 7) is 0.900. The molecule has 0 amide bonds. The van der Waals surface area contributed by atoms with Gasteiger partial charge in [-0.05, 0) is 19.3 Å². The molecule has 2 atom stereocenters. The molecular formula is C9H16N4O. The Balaban J connectivity index is 1.64. The maximum atomic E-state index is 5.81. The number of aromatic nitrogens is 2. The van der Waals surface area contributed by atoms with Gasteiger partial charge in [0.05, 0.1) is 0 Å². The quantitative estimate of drug-likeness (QED) is 0.713. The molecule has 5 nitrogen and oxygen atoms in total. The molecule has 0 spiro atoms. The highest BCUT2D eigenvalue weighted by Gasteiger charge is 2.20. The van der Waals surface area contributed by atoms with Crippen molar-refractivity contribution in [1.29, 1.82) is 0 Å². The molecule has 1 heterocycles. The Morgan fingerprint density at radius 2 is 2.50 bits per heavy atom. The van der Waals surface area contributed by atoms with Gasteiger partial charge in [-0.2, -0.15) is 4.98 Å². The Hall–Kier alpha value is -0.940. The van der Waals surface area contributed by atoms with Gasteiger partial charge in [0, 0.05) is 25.0 Å². The predicted octanol–water partition coefficient (Wildman–Crippen LogP) is 0.0815. The van der Waals surface area contributed by atoms with E-state index in [1.165, 1.54) is 12.8 Å². The molecule has 14 heavy (non-hydrogen) atoms. The first-order valence-corrected chi connectivity index (χ1v) is 5.09. The smallest absolute Gasteiger partial charge is 0.213 e. The third-order valence-corrected chi connectivity index (χ3v) is 2.66. The summed E-state index contributed by atoms with van der Waals surface area (Å²) in [5, 5.41) is 7.19. The van der Waals surface area contributed by atoms with E-state index in [1.807, 2.05) is 0 Å². The van der Waals surface area contributed by atoms with E-state index in [0.29, 0.717) is 12.1 Å². The second kappa shape index (κ2) is 4.52. The molecule has 2 unspecified atom stereocenters. The van der Waals surface area contributed by atoms with Gasteiger partial charge in [-0.25, -0.2) is 0 Å². The zero-order valence-corrected chi connectivity index (χ0v) is 8.15. The van der Waals surface area contributed by atoms with Crippen LogP contribution in [-0.2, 0) is 6.42 Å². The van der Waals surface area contributed by atoms with Gasteiger partial charge in [-0.1, -0.05) is 5.16 Å². The highest BCUT2D eigenvalue weighted by molar-refractivity contribution is 4.85. The van der Waals surface area contributed by atoms with E-state index in [0.717, 1.165) is 31.6 Å². The maximum absolute atomic E-state index is 5.81. The van der Waals surface area contributed by atoms with Gasteiger partial charge in [-0.15, -0.1) is 0 Å². The fourth-order valence-corrected chi connectivity index (χ4v) is 1.89. The maximum Gasteiger partial charge on any atom is 0.213 e. The Morgan fingerprint density at radius 3 is 3.14 bits per heavy atom. The van der Waals surface area contributed by atoms with Gasteiger partial charge >= 0.3 is 0 Å². The lowest BCUT2D eigenvalue weighted by molar-refractivity contribution is 0.408. The summed E-state index contributed by atoms with van der Waals surface area (Å²) in [5.41, 5.74) is 5.81. The van der Waals surface area contributed by atoms with Gasteiger partial charge in [0.2, 0.25) is 6.39 Å². The minimum Gasteiger partial charge on any atom is -0.343 e. The molecule has 5 heteroatoms. The molecule has 1 aliphatic rings. The second-order valence-corrected chi connectivity index (χ2v) is 3.82. The molecule has 1 aromatic heterocycles. The monoisotopic (exact) mass is 196 g/mol. The summed E-state index contributed by atoms with van der Waals surface area (Å²) in [7, 11) is 0. The summed E-state index contributed by atoms with van der Waals surface area (Å²) in [5.74, 6) is 0.764. The molecule has 0 aliphatic heterocycles. The molecule has 1 saturated carbocycles. The molecule has 2 rings (SSSR count). The average molecular weight is 196 g/mol. The Kier molecular flexibility index (Phi) is 3.10. The van der Waals surface area contributed by atoms with E-state index in [2.05, 4.69) is 20.0 Å². The largest absolute Gasteiger partial charge is 0.343 e. The van der Waals surface area contributed by atoms with Crippen molar-refractivity contribution in [3.63, 3.8) is 0 Å². The lowest BCUT2D eigenvalue weighted by Crippen LogP contribution is -2.30. The second-order valence-electron chi connectivity index (χ2n) is 3.82. The molecular weight excluding hydrogens is 180 g/mol. The van der Waals surface area contributed by atoms with Gasteiger partial charge in [0.15, 0.2) is 5.82 Å². The third kappa shape index (κ3) is 2.52.